The number of hydrogen-bond donors (Lipinski definition) is 1. The van der Waals surface area contributed by atoms with Crippen molar-refractivity contribution in [2.24, 2.45) is 0 Å². The smallest absolute Gasteiger partial charge is 0.306 e. The zero-order valence-corrected chi connectivity index (χ0v) is 16.3. The van der Waals surface area contributed by atoms with E-state index in [4.69, 9.17) is 4.74 Å². The third kappa shape index (κ3) is 5.33. The number of anilines is 2. The first kappa shape index (κ1) is 19.4. The standard InChI is InChI=1S/C21H23N5O2/c1-4-28-20(27)6-5-17-12-22-13-19(25-17)16-9-14(2)10-18(11-16)26-21-23-8-7-15(3)24-21/h7-13H,4-6H2,1-3H3,(H,23,24,26). The van der Waals surface area contributed by atoms with Gasteiger partial charge in [0.15, 0.2) is 0 Å². The van der Waals surface area contributed by atoms with Gasteiger partial charge in [0.25, 0.3) is 0 Å². The number of nitrogens with zero attached hydrogens (tertiary/aromatic N) is 4. The monoisotopic (exact) mass is 377 g/mol. The van der Waals surface area contributed by atoms with Crippen LogP contribution in [0.1, 0.15) is 30.3 Å². The first-order valence-corrected chi connectivity index (χ1v) is 9.19. The minimum atomic E-state index is -0.227. The summed E-state index contributed by atoms with van der Waals surface area (Å²) in [5, 5.41) is 3.23. The van der Waals surface area contributed by atoms with Gasteiger partial charge in [-0.05, 0) is 50.6 Å². The number of esters is 1. The molecule has 2 heterocycles. The number of hydrogen-bond acceptors (Lipinski definition) is 7. The molecule has 1 aromatic carbocycles. The number of aromatic nitrogens is 4. The Kier molecular flexibility index (Phi) is 6.26. The van der Waals surface area contributed by atoms with Crippen LogP contribution in [0, 0.1) is 13.8 Å². The Morgan fingerprint density at radius 2 is 2.00 bits per heavy atom. The molecular weight excluding hydrogens is 354 g/mol. The first-order chi connectivity index (χ1) is 13.5. The Bertz CT molecular complexity index is 975. The molecule has 0 saturated carbocycles. The van der Waals surface area contributed by atoms with Gasteiger partial charge in [0, 0.05) is 35.8 Å². The highest BCUT2D eigenvalue weighted by atomic mass is 16.5. The molecule has 28 heavy (non-hydrogen) atoms. The molecule has 1 N–H and O–H groups in total. The second-order valence-electron chi connectivity index (χ2n) is 6.44. The molecule has 0 saturated heterocycles. The second kappa shape index (κ2) is 9.03. The fourth-order valence-electron chi connectivity index (χ4n) is 2.77. The molecule has 0 unspecified atom stereocenters. The van der Waals surface area contributed by atoms with Crippen molar-refractivity contribution >= 4 is 17.6 Å². The zero-order chi connectivity index (χ0) is 19.9. The first-order valence-electron chi connectivity index (χ1n) is 9.19. The average molecular weight is 377 g/mol. The molecule has 0 aliphatic carbocycles. The van der Waals surface area contributed by atoms with E-state index in [0.29, 0.717) is 19.0 Å². The van der Waals surface area contributed by atoms with Crippen LogP contribution in [0.4, 0.5) is 11.6 Å². The fraction of sp³-hybridized carbons (Fsp3) is 0.286. The molecular formula is C21H23N5O2. The molecule has 3 rings (SSSR count). The van der Waals surface area contributed by atoms with Gasteiger partial charge in [0.1, 0.15) is 0 Å². The van der Waals surface area contributed by atoms with Crippen LogP contribution in [0.15, 0.2) is 42.9 Å². The van der Waals surface area contributed by atoms with Gasteiger partial charge < -0.3 is 10.1 Å². The van der Waals surface area contributed by atoms with E-state index in [1.54, 1.807) is 25.5 Å². The molecule has 144 valence electrons. The number of ether oxygens (including phenoxy) is 1. The summed E-state index contributed by atoms with van der Waals surface area (Å²) in [6, 6.07) is 7.90. The number of rotatable bonds is 7. The van der Waals surface area contributed by atoms with Crippen molar-refractivity contribution < 1.29 is 9.53 Å². The predicted molar refractivity (Wildman–Crippen MR) is 107 cm³/mol. The van der Waals surface area contributed by atoms with E-state index in [1.165, 1.54) is 0 Å². The quantitative estimate of drug-likeness (QED) is 0.627. The third-order valence-electron chi connectivity index (χ3n) is 4.00. The summed E-state index contributed by atoms with van der Waals surface area (Å²) in [6.07, 6.45) is 5.90. The van der Waals surface area contributed by atoms with Crippen LogP contribution in [-0.2, 0) is 16.0 Å². The van der Waals surface area contributed by atoms with Gasteiger partial charge in [0.05, 0.1) is 30.6 Å². The van der Waals surface area contributed by atoms with Crippen molar-refractivity contribution in [1.29, 1.82) is 0 Å². The van der Waals surface area contributed by atoms with Gasteiger partial charge >= 0.3 is 5.97 Å². The SMILES string of the molecule is CCOC(=O)CCc1cncc(-c2cc(C)cc(Nc3nccc(C)n3)c2)n1. The Labute approximate surface area is 164 Å². The molecule has 0 atom stereocenters. The molecule has 7 nitrogen and oxygen atoms in total. The maximum atomic E-state index is 11.6. The summed E-state index contributed by atoms with van der Waals surface area (Å²) in [6.45, 7) is 6.12. The number of carbonyl (C=O) groups excluding carboxylic acids is 1. The Morgan fingerprint density at radius 1 is 1.14 bits per heavy atom. The van der Waals surface area contributed by atoms with E-state index >= 15 is 0 Å². The molecule has 0 radical (unpaired) electrons. The number of carbonyl (C=O) groups is 1. The zero-order valence-electron chi connectivity index (χ0n) is 16.3. The lowest BCUT2D eigenvalue weighted by atomic mass is 10.1. The second-order valence-corrected chi connectivity index (χ2v) is 6.44. The summed E-state index contributed by atoms with van der Waals surface area (Å²) in [5.74, 6) is 0.320. The van der Waals surface area contributed by atoms with E-state index < -0.39 is 0 Å². The molecule has 0 amide bonds. The molecule has 3 aromatic rings. The largest absolute Gasteiger partial charge is 0.466 e. The fourth-order valence-corrected chi connectivity index (χ4v) is 2.77. The number of benzene rings is 1. The topological polar surface area (TPSA) is 89.9 Å². The molecule has 0 bridgehead atoms. The molecule has 0 aliphatic rings. The highest BCUT2D eigenvalue weighted by Gasteiger charge is 2.08. The van der Waals surface area contributed by atoms with Gasteiger partial charge in [-0.25, -0.2) is 15.0 Å². The predicted octanol–water partition coefficient (Wildman–Crippen LogP) is 3.79. The van der Waals surface area contributed by atoms with Gasteiger partial charge in [-0.3, -0.25) is 9.78 Å². The maximum absolute atomic E-state index is 11.6. The van der Waals surface area contributed by atoms with Crippen LogP contribution < -0.4 is 5.32 Å². The van der Waals surface area contributed by atoms with Crippen molar-refractivity contribution in [3.05, 3.63) is 59.8 Å². The average Bonchev–Trinajstić information content (AvgIpc) is 2.66. The summed E-state index contributed by atoms with van der Waals surface area (Å²) in [7, 11) is 0. The van der Waals surface area contributed by atoms with Crippen molar-refractivity contribution in [3.8, 4) is 11.3 Å². The highest BCUT2D eigenvalue weighted by Crippen LogP contribution is 2.24. The molecule has 0 aliphatic heterocycles. The number of aryl methyl sites for hydroxylation is 3. The lowest BCUT2D eigenvalue weighted by molar-refractivity contribution is -0.143. The normalized spacial score (nSPS) is 10.5. The van der Waals surface area contributed by atoms with Gasteiger partial charge in [-0.2, -0.15) is 0 Å². The summed E-state index contributed by atoms with van der Waals surface area (Å²) in [5.41, 5.74) is 5.28. The van der Waals surface area contributed by atoms with Gasteiger partial charge in [-0.1, -0.05) is 0 Å². The lowest BCUT2D eigenvalue weighted by Gasteiger charge is -2.10. The van der Waals surface area contributed by atoms with Gasteiger partial charge in [-0.15, -0.1) is 0 Å². The van der Waals surface area contributed by atoms with Crippen molar-refractivity contribution in [1.82, 2.24) is 19.9 Å². The Morgan fingerprint density at radius 3 is 2.79 bits per heavy atom. The molecule has 0 fully saturated rings. The maximum Gasteiger partial charge on any atom is 0.306 e. The van der Waals surface area contributed by atoms with Crippen LogP contribution in [0.3, 0.4) is 0 Å². The van der Waals surface area contributed by atoms with Crippen LogP contribution in [0.25, 0.3) is 11.3 Å². The van der Waals surface area contributed by atoms with E-state index in [-0.39, 0.29) is 12.4 Å². The van der Waals surface area contributed by atoms with Gasteiger partial charge in [0.2, 0.25) is 5.95 Å². The molecule has 7 heteroatoms. The molecule has 0 spiro atoms. The minimum Gasteiger partial charge on any atom is -0.466 e. The van der Waals surface area contributed by atoms with E-state index in [0.717, 1.165) is 33.9 Å². The minimum absolute atomic E-state index is 0.227. The van der Waals surface area contributed by atoms with Crippen molar-refractivity contribution in [2.75, 3.05) is 11.9 Å². The third-order valence-corrected chi connectivity index (χ3v) is 4.00. The van der Waals surface area contributed by atoms with Crippen LogP contribution in [0.5, 0.6) is 0 Å². The van der Waals surface area contributed by atoms with Crippen LogP contribution >= 0.6 is 0 Å². The number of nitrogens with one attached hydrogen (secondary N) is 1. The van der Waals surface area contributed by atoms with E-state index in [9.17, 15) is 4.79 Å². The lowest BCUT2D eigenvalue weighted by Crippen LogP contribution is -2.06. The van der Waals surface area contributed by atoms with Crippen LogP contribution in [0.2, 0.25) is 0 Å². The molecule has 2 aromatic heterocycles. The summed E-state index contributed by atoms with van der Waals surface area (Å²) >= 11 is 0. The van der Waals surface area contributed by atoms with Crippen molar-refractivity contribution in [3.63, 3.8) is 0 Å². The summed E-state index contributed by atoms with van der Waals surface area (Å²) in [4.78, 5) is 29.1. The van der Waals surface area contributed by atoms with Crippen molar-refractivity contribution in [2.45, 2.75) is 33.6 Å². The van der Waals surface area contributed by atoms with E-state index in [1.807, 2.05) is 38.1 Å². The Hall–Kier alpha value is -3.35. The van der Waals surface area contributed by atoms with E-state index in [2.05, 4.69) is 25.3 Å². The summed E-state index contributed by atoms with van der Waals surface area (Å²) < 4.78 is 4.97. The van der Waals surface area contributed by atoms with Crippen LogP contribution in [-0.4, -0.2) is 32.5 Å². The Balaban J connectivity index is 1.80. The highest BCUT2D eigenvalue weighted by molar-refractivity contribution is 5.70.